The van der Waals surface area contributed by atoms with E-state index in [1.54, 1.807) is 24.3 Å². The molecule has 0 amide bonds. The van der Waals surface area contributed by atoms with Crippen molar-refractivity contribution in [3.05, 3.63) is 41.2 Å². The van der Waals surface area contributed by atoms with Gasteiger partial charge in [-0.1, -0.05) is 18.2 Å². The van der Waals surface area contributed by atoms with E-state index < -0.39 is 16.8 Å². The van der Waals surface area contributed by atoms with Crippen molar-refractivity contribution < 1.29 is 13.3 Å². The lowest BCUT2D eigenvalue weighted by Crippen LogP contribution is -1.96. The molecule has 14 heavy (non-hydrogen) atoms. The summed E-state index contributed by atoms with van der Waals surface area (Å²) in [5.41, 5.74) is 0. The van der Waals surface area contributed by atoms with Gasteiger partial charge in [0.15, 0.2) is 0 Å². The minimum absolute atomic E-state index is 0.0960. The summed E-state index contributed by atoms with van der Waals surface area (Å²) in [6, 6.07) is 7.90. The molecule has 0 saturated heterocycles. The fourth-order valence-corrected chi connectivity index (χ4v) is 1.92. The van der Waals surface area contributed by atoms with Crippen molar-refractivity contribution in [1.29, 1.82) is 0 Å². The number of hydrogen-bond acceptors (Lipinski definition) is 2. The summed E-state index contributed by atoms with van der Waals surface area (Å²) in [7, 11) is -0.269. The van der Waals surface area contributed by atoms with E-state index in [1.165, 1.54) is 14.0 Å². The molecule has 76 valence electrons. The summed E-state index contributed by atoms with van der Waals surface area (Å²) >= 11 is 0. The molecule has 1 unspecified atom stereocenters. The van der Waals surface area contributed by atoms with Crippen molar-refractivity contribution in [3.8, 4) is 0 Å². The Bertz CT molecular complexity index is 360. The van der Waals surface area contributed by atoms with E-state index in [0.29, 0.717) is 4.90 Å². The van der Waals surface area contributed by atoms with Gasteiger partial charge in [-0.05, 0) is 19.1 Å². The van der Waals surface area contributed by atoms with Crippen molar-refractivity contribution in [2.45, 2.75) is 11.8 Å². The number of halogens is 1. The zero-order valence-electron chi connectivity index (χ0n) is 7.99. The Balaban J connectivity index is 2.98. The van der Waals surface area contributed by atoms with E-state index >= 15 is 0 Å². The maximum atomic E-state index is 12.9. The zero-order chi connectivity index (χ0) is 10.6. The van der Waals surface area contributed by atoms with Gasteiger partial charge in [-0.3, -0.25) is 0 Å². The van der Waals surface area contributed by atoms with Gasteiger partial charge in [-0.15, -0.1) is 0 Å². The van der Waals surface area contributed by atoms with Crippen LogP contribution in [0.1, 0.15) is 6.92 Å². The van der Waals surface area contributed by atoms with Crippen molar-refractivity contribution in [2.75, 3.05) is 7.11 Å². The average molecular weight is 214 g/mol. The summed E-state index contributed by atoms with van der Waals surface area (Å²) in [6.07, 6.45) is 0. The van der Waals surface area contributed by atoms with Crippen LogP contribution in [0.2, 0.25) is 0 Å². The molecule has 0 heterocycles. The lowest BCUT2D eigenvalue weighted by Gasteiger charge is -2.03. The van der Waals surface area contributed by atoms with Crippen LogP contribution in [0.3, 0.4) is 0 Å². The molecule has 1 aromatic rings. The standard InChI is InChI=1S/C10H11FO2S/c1-8(10(11)13-2)14(12)9-6-4-3-5-7-9/h3-7H,1-2H3/b10-8-. The van der Waals surface area contributed by atoms with Crippen LogP contribution in [0.15, 0.2) is 46.1 Å². The van der Waals surface area contributed by atoms with Crippen LogP contribution >= 0.6 is 0 Å². The molecule has 0 N–H and O–H groups in total. The Kier molecular flexibility index (Phi) is 3.83. The van der Waals surface area contributed by atoms with Crippen LogP contribution in [0.25, 0.3) is 0 Å². The third kappa shape index (κ3) is 2.42. The fraction of sp³-hybridized carbons (Fsp3) is 0.200. The monoisotopic (exact) mass is 214 g/mol. The van der Waals surface area contributed by atoms with Gasteiger partial charge in [0.2, 0.25) is 0 Å². The second-order valence-corrected chi connectivity index (χ2v) is 4.24. The fourth-order valence-electron chi connectivity index (χ4n) is 0.937. The molecule has 0 bridgehead atoms. The molecule has 0 radical (unpaired) electrons. The van der Waals surface area contributed by atoms with Crippen LogP contribution in [0, 0.1) is 0 Å². The predicted octanol–water partition coefficient (Wildman–Crippen LogP) is 2.60. The highest BCUT2D eigenvalue weighted by Gasteiger charge is 2.11. The topological polar surface area (TPSA) is 26.3 Å². The molecule has 0 aliphatic rings. The average Bonchev–Trinajstić information content (AvgIpc) is 2.27. The highest BCUT2D eigenvalue weighted by Crippen LogP contribution is 2.17. The summed E-state index contributed by atoms with van der Waals surface area (Å²) in [5, 5.41) is 0. The molecule has 2 nitrogen and oxygen atoms in total. The van der Waals surface area contributed by atoms with Gasteiger partial charge in [-0.2, -0.15) is 4.39 Å². The Labute approximate surface area is 84.9 Å². The van der Waals surface area contributed by atoms with Gasteiger partial charge < -0.3 is 4.74 Å². The highest BCUT2D eigenvalue weighted by molar-refractivity contribution is 7.89. The van der Waals surface area contributed by atoms with Gasteiger partial charge in [-0.25, -0.2) is 4.21 Å². The number of benzene rings is 1. The van der Waals surface area contributed by atoms with E-state index in [1.807, 2.05) is 6.07 Å². The Morgan fingerprint density at radius 2 is 1.93 bits per heavy atom. The lowest BCUT2D eigenvalue weighted by atomic mass is 10.4. The number of rotatable bonds is 3. The summed E-state index contributed by atoms with van der Waals surface area (Å²) in [5.74, 6) is 0. The Morgan fingerprint density at radius 1 is 1.36 bits per heavy atom. The summed E-state index contributed by atoms with van der Waals surface area (Å²) in [6.45, 7) is 1.45. The molecule has 1 atom stereocenters. The number of hydrogen-bond donors (Lipinski definition) is 0. The second kappa shape index (κ2) is 4.91. The minimum Gasteiger partial charge on any atom is -0.473 e. The van der Waals surface area contributed by atoms with Gasteiger partial charge in [0, 0.05) is 4.90 Å². The summed E-state index contributed by atoms with van der Waals surface area (Å²) in [4.78, 5) is 0.663. The van der Waals surface area contributed by atoms with E-state index in [4.69, 9.17) is 0 Å². The van der Waals surface area contributed by atoms with Crippen LogP contribution in [0.5, 0.6) is 0 Å². The Morgan fingerprint density at radius 3 is 2.43 bits per heavy atom. The first-order valence-electron chi connectivity index (χ1n) is 4.04. The van der Waals surface area contributed by atoms with Crippen LogP contribution in [-0.2, 0) is 15.5 Å². The maximum Gasteiger partial charge on any atom is 0.284 e. The molecule has 0 aromatic heterocycles. The van der Waals surface area contributed by atoms with E-state index in [2.05, 4.69) is 4.74 Å². The molecule has 0 aliphatic carbocycles. The molecular weight excluding hydrogens is 203 g/mol. The highest BCUT2D eigenvalue weighted by atomic mass is 32.2. The number of ether oxygens (including phenoxy) is 1. The molecule has 0 fully saturated rings. The molecule has 4 heteroatoms. The normalized spacial score (nSPS) is 14.5. The maximum absolute atomic E-state index is 12.9. The number of methoxy groups -OCH3 is 1. The van der Waals surface area contributed by atoms with Gasteiger partial charge in [0.25, 0.3) is 6.01 Å². The van der Waals surface area contributed by atoms with E-state index in [9.17, 15) is 8.60 Å². The van der Waals surface area contributed by atoms with E-state index in [-0.39, 0.29) is 4.91 Å². The minimum atomic E-state index is -1.48. The van der Waals surface area contributed by atoms with Gasteiger partial charge in [0.1, 0.15) is 0 Å². The van der Waals surface area contributed by atoms with Crippen molar-refractivity contribution in [1.82, 2.24) is 0 Å². The van der Waals surface area contributed by atoms with Crippen LogP contribution < -0.4 is 0 Å². The van der Waals surface area contributed by atoms with Gasteiger partial charge in [0.05, 0.1) is 22.8 Å². The van der Waals surface area contributed by atoms with Crippen LogP contribution in [-0.4, -0.2) is 11.3 Å². The quantitative estimate of drug-likeness (QED) is 0.723. The molecule has 0 aliphatic heterocycles. The van der Waals surface area contributed by atoms with E-state index in [0.717, 1.165) is 0 Å². The second-order valence-electron chi connectivity index (χ2n) is 2.62. The third-order valence-electron chi connectivity index (χ3n) is 1.69. The molecule has 0 spiro atoms. The SMILES string of the molecule is CO/C(F)=C(/C)S(=O)c1ccccc1. The molecule has 1 rings (SSSR count). The zero-order valence-corrected chi connectivity index (χ0v) is 8.81. The Hall–Kier alpha value is -1.16. The van der Waals surface area contributed by atoms with Gasteiger partial charge >= 0.3 is 0 Å². The lowest BCUT2D eigenvalue weighted by molar-refractivity contribution is 0.201. The first kappa shape index (κ1) is 10.9. The molecule has 1 aromatic carbocycles. The molecular formula is C10H11FO2S. The van der Waals surface area contributed by atoms with Crippen molar-refractivity contribution in [3.63, 3.8) is 0 Å². The predicted molar refractivity (Wildman–Crippen MR) is 53.7 cm³/mol. The third-order valence-corrected chi connectivity index (χ3v) is 3.11. The molecule has 0 saturated carbocycles. The number of allylic oxidation sites excluding steroid dienone is 1. The van der Waals surface area contributed by atoms with Crippen molar-refractivity contribution in [2.24, 2.45) is 0 Å². The summed E-state index contributed by atoms with van der Waals surface area (Å²) < 4.78 is 29.0. The first-order chi connectivity index (χ1) is 6.66. The van der Waals surface area contributed by atoms with Crippen molar-refractivity contribution >= 4 is 10.8 Å². The first-order valence-corrected chi connectivity index (χ1v) is 5.19. The van der Waals surface area contributed by atoms with Crippen LogP contribution in [0.4, 0.5) is 4.39 Å². The largest absolute Gasteiger partial charge is 0.473 e. The smallest absolute Gasteiger partial charge is 0.284 e.